The molecule has 0 fully saturated rings. The molecule has 3 aromatic rings. The van der Waals surface area contributed by atoms with Gasteiger partial charge in [-0.25, -0.2) is 0 Å². The van der Waals surface area contributed by atoms with Crippen LogP contribution >= 0.6 is 0 Å². The van der Waals surface area contributed by atoms with E-state index in [1.807, 2.05) is 24.3 Å². The summed E-state index contributed by atoms with van der Waals surface area (Å²) in [5.74, 6) is 0. The summed E-state index contributed by atoms with van der Waals surface area (Å²) in [7, 11) is 0. The summed E-state index contributed by atoms with van der Waals surface area (Å²) in [6.07, 6.45) is 12.2. The van der Waals surface area contributed by atoms with Crippen LogP contribution in [0.5, 0.6) is 0 Å². The number of halogens is 4. The maximum absolute atomic E-state index is 15.0. The van der Waals surface area contributed by atoms with Gasteiger partial charge in [0.05, 0.1) is 11.1 Å². The van der Waals surface area contributed by atoms with Gasteiger partial charge in [-0.05, 0) is 47.8 Å². The fraction of sp³-hybridized carbons (Fsp3) is 0. The van der Waals surface area contributed by atoms with E-state index in [1.54, 1.807) is 48.6 Å². The van der Waals surface area contributed by atoms with Crippen molar-refractivity contribution < 1.29 is 26.2 Å². The molecule has 4 aliphatic rings. The van der Waals surface area contributed by atoms with Gasteiger partial charge in [-0.15, -0.1) is 0 Å². The van der Waals surface area contributed by atoms with E-state index < -0.39 is 13.9 Å². The zero-order valence-electron chi connectivity index (χ0n) is 17.7. The van der Waals surface area contributed by atoms with Crippen molar-refractivity contribution in [3.8, 4) is 0 Å². The van der Waals surface area contributed by atoms with Crippen LogP contribution < -0.4 is 0 Å². The average Bonchev–Trinajstić information content (AvgIpc) is 3.60. The van der Waals surface area contributed by atoms with E-state index in [0.717, 1.165) is 29.1 Å². The van der Waals surface area contributed by atoms with Crippen molar-refractivity contribution in [2.24, 2.45) is 0 Å². The van der Waals surface area contributed by atoms with Gasteiger partial charge in [0.1, 0.15) is 12.4 Å². The lowest BCUT2D eigenvalue weighted by Crippen LogP contribution is -2.49. The first kappa shape index (κ1) is 19.4. The van der Waals surface area contributed by atoms with Crippen LogP contribution in [-0.4, -0.2) is 44.3 Å². The van der Waals surface area contributed by atoms with E-state index >= 15 is 17.3 Å². The first-order valence-electron chi connectivity index (χ1n) is 11.0. The molecule has 0 N–H and O–H groups in total. The minimum absolute atomic E-state index is 0.444. The number of hydrogen-bond acceptors (Lipinski definition) is 0. The quantitative estimate of drug-likeness (QED) is 0.395. The second-order valence-electron chi connectivity index (χ2n) is 8.71. The third-order valence-corrected chi connectivity index (χ3v) is 6.94. The molecular weight excluding hydrogens is 442 g/mol. The Balaban J connectivity index is 1.39. The van der Waals surface area contributed by atoms with Crippen LogP contribution in [-0.2, 0) is 0 Å². The van der Waals surface area contributed by atoms with Crippen LogP contribution in [0.15, 0.2) is 96.6 Å². The van der Waals surface area contributed by atoms with Crippen molar-refractivity contribution in [3.63, 3.8) is 0 Å². The van der Waals surface area contributed by atoms with Crippen molar-refractivity contribution in [3.05, 3.63) is 119 Å². The van der Waals surface area contributed by atoms with E-state index in [2.05, 4.69) is 0 Å². The summed E-state index contributed by atoms with van der Waals surface area (Å²) in [5, 5.41) is 0. The van der Waals surface area contributed by atoms with E-state index in [1.165, 1.54) is 24.8 Å². The molecule has 0 bridgehead atoms. The van der Waals surface area contributed by atoms with E-state index in [-0.39, 0.29) is 0 Å². The SMILES string of the molecule is F[B-]1(F)n2cccc2C(c2ccc(C3=C4C=CC=[N+]4[B-](F)(F)n4cccc43)cc2)=C2C=CC=[N+]21. The van der Waals surface area contributed by atoms with Gasteiger partial charge in [-0.2, -0.15) is 0 Å². The normalized spacial score (nSPS) is 20.7. The highest BCUT2D eigenvalue weighted by Gasteiger charge is 2.52. The van der Waals surface area contributed by atoms with Gasteiger partial charge >= 0.3 is 13.9 Å². The minimum Gasteiger partial charge on any atom is -0.396 e. The Labute approximate surface area is 192 Å². The lowest BCUT2D eigenvalue weighted by atomic mass is 9.84. The van der Waals surface area contributed by atoms with Crippen LogP contribution in [0.3, 0.4) is 0 Å². The number of rotatable bonds is 2. The predicted molar refractivity (Wildman–Crippen MR) is 125 cm³/mol. The molecular formula is C24H16B2F4N4. The molecule has 1 aromatic carbocycles. The molecule has 0 unspecified atom stereocenters. The van der Waals surface area contributed by atoms with Crippen LogP contribution in [0.4, 0.5) is 17.3 Å². The van der Waals surface area contributed by atoms with Gasteiger partial charge in [0.25, 0.3) is 0 Å². The average molecular weight is 458 g/mol. The summed E-state index contributed by atoms with van der Waals surface area (Å²) < 4.78 is 64.3. The summed E-state index contributed by atoms with van der Waals surface area (Å²) in [4.78, 5) is 0. The first-order valence-corrected chi connectivity index (χ1v) is 11.0. The zero-order valence-corrected chi connectivity index (χ0v) is 17.7. The molecule has 0 saturated carbocycles. The second kappa shape index (κ2) is 6.28. The van der Waals surface area contributed by atoms with E-state index in [4.69, 9.17) is 0 Å². The molecule has 4 nitrogen and oxygen atoms in total. The van der Waals surface area contributed by atoms with Gasteiger partial charge in [0, 0.05) is 35.7 Å². The van der Waals surface area contributed by atoms with Crippen molar-refractivity contribution in [1.82, 2.24) is 8.96 Å². The molecule has 0 spiro atoms. The molecule has 7 rings (SSSR count). The molecule has 4 aliphatic heterocycles. The monoisotopic (exact) mass is 458 g/mol. The standard InChI is InChI=1S/C24H16B2F4N4/c27-25(28)31-13-1-5-19(31)23(20-6-2-14-32(20)25)17-9-11-18(12-10-17)24-21-7-3-15-33(21)26(29,30)34-16-4-8-22(24)34/h1-16H. The third-order valence-electron chi connectivity index (χ3n) is 6.94. The van der Waals surface area contributed by atoms with E-state index in [9.17, 15) is 0 Å². The molecule has 166 valence electrons. The van der Waals surface area contributed by atoms with Crippen LogP contribution in [0.1, 0.15) is 22.5 Å². The number of benzene rings is 1. The Morgan fingerprint density at radius 2 is 1.00 bits per heavy atom. The fourth-order valence-electron chi connectivity index (χ4n) is 5.43. The lowest BCUT2D eigenvalue weighted by molar-refractivity contribution is -0.357. The summed E-state index contributed by atoms with van der Waals surface area (Å²) in [6, 6.07) is 14.1. The zero-order chi connectivity index (χ0) is 23.2. The highest BCUT2D eigenvalue weighted by Crippen LogP contribution is 2.41. The van der Waals surface area contributed by atoms with Gasteiger partial charge in [-0.1, -0.05) is 24.3 Å². The van der Waals surface area contributed by atoms with Crippen LogP contribution in [0, 0.1) is 0 Å². The first-order chi connectivity index (χ1) is 16.4. The molecule has 6 heterocycles. The Morgan fingerprint density at radius 3 is 1.41 bits per heavy atom. The molecule has 0 saturated heterocycles. The largest absolute Gasteiger partial charge is 0.737 e. The minimum atomic E-state index is -3.96. The lowest BCUT2D eigenvalue weighted by Gasteiger charge is -2.31. The summed E-state index contributed by atoms with van der Waals surface area (Å²) >= 11 is 0. The van der Waals surface area contributed by atoms with Crippen LogP contribution in [0.25, 0.3) is 11.1 Å². The molecule has 0 amide bonds. The Hall–Kier alpha value is -4.07. The maximum Gasteiger partial charge on any atom is 0.737 e. The van der Waals surface area contributed by atoms with Crippen molar-refractivity contribution in [2.45, 2.75) is 0 Å². The van der Waals surface area contributed by atoms with Gasteiger partial charge in [-0.3, -0.25) is 0 Å². The molecule has 0 atom stereocenters. The number of allylic oxidation sites excluding steroid dienone is 4. The molecule has 2 aromatic heterocycles. The molecule has 10 heteroatoms. The number of fused-ring (bicyclic) bond motifs is 4. The Morgan fingerprint density at radius 1 is 0.588 bits per heavy atom. The number of nitrogens with zero attached hydrogens (tertiary/aromatic N) is 4. The van der Waals surface area contributed by atoms with Gasteiger partial charge < -0.3 is 35.2 Å². The third kappa shape index (κ3) is 2.30. The van der Waals surface area contributed by atoms with Crippen molar-refractivity contribution in [1.29, 1.82) is 0 Å². The van der Waals surface area contributed by atoms with Gasteiger partial charge in [0.15, 0.2) is 11.4 Å². The highest BCUT2D eigenvalue weighted by molar-refractivity contribution is 6.58. The molecule has 34 heavy (non-hydrogen) atoms. The number of aromatic nitrogens is 2. The fourth-order valence-corrected chi connectivity index (χ4v) is 5.43. The Bertz CT molecular complexity index is 1480. The summed E-state index contributed by atoms with van der Waals surface area (Å²) in [6.45, 7) is -7.92. The Kier molecular flexibility index (Phi) is 3.59. The van der Waals surface area contributed by atoms with Gasteiger partial charge in [0.2, 0.25) is 0 Å². The predicted octanol–water partition coefficient (Wildman–Crippen LogP) is 4.59. The molecule has 0 radical (unpaired) electrons. The maximum atomic E-state index is 15.0. The van der Waals surface area contributed by atoms with Crippen molar-refractivity contribution in [2.75, 3.05) is 0 Å². The summed E-state index contributed by atoms with van der Waals surface area (Å²) in [5.41, 5.74) is 4.71. The van der Waals surface area contributed by atoms with Crippen LogP contribution in [0.2, 0.25) is 0 Å². The topological polar surface area (TPSA) is 15.9 Å². The second-order valence-corrected chi connectivity index (χ2v) is 8.71. The van der Waals surface area contributed by atoms with Crippen molar-refractivity contribution >= 4 is 37.5 Å². The van der Waals surface area contributed by atoms with E-state index in [0.29, 0.717) is 33.9 Å². The highest BCUT2D eigenvalue weighted by atomic mass is 19.3. The smallest absolute Gasteiger partial charge is 0.396 e. The number of hydrogen-bond donors (Lipinski definition) is 0. The molecule has 0 aliphatic carbocycles.